The van der Waals surface area contributed by atoms with Crippen LogP contribution >= 0.6 is 0 Å². The zero-order chi connectivity index (χ0) is 47.9. The first-order valence-corrected chi connectivity index (χ1v) is 21.2. The summed E-state index contributed by atoms with van der Waals surface area (Å²) in [5, 5.41) is 15.5. The predicted molar refractivity (Wildman–Crippen MR) is 256 cm³/mol. The molecule has 4 aromatic heterocycles. The number of nitrogen functional groups attached to an aromatic ring is 1. The molecule has 0 spiro atoms. The van der Waals surface area contributed by atoms with Gasteiger partial charge in [-0.2, -0.15) is 10.2 Å². The van der Waals surface area contributed by atoms with Crippen molar-refractivity contribution in [2.45, 2.75) is 53.9 Å². The number of carbonyl (C=O) groups is 4. The average Bonchev–Trinajstić information content (AvgIpc) is 4.06. The van der Waals surface area contributed by atoms with Crippen molar-refractivity contribution in [3.8, 4) is 11.5 Å². The van der Waals surface area contributed by atoms with E-state index in [1.165, 1.54) is 37.5 Å². The van der Waals surface area contributed by atoms with Crippen LogP contribution < -0.4 is 43.0 Å². The number of methoxy groups -OCH3 is 1. The van der Waals surface area contributed by atoms with E-state index in [9.17, 15) is 19.2 Å². The molecule has 0 aliphatic heterocycles. The summed E-state index contributed by atoms with van der Waals surface area (Å²) in [5.74, 6) is -1.60. The summed E-state index contributed by atoms with van der Waals surface area (Å²) in [6.07, 6.45) is 10.5. The van der Waals surface area contributed by atoms with Crippen molar-refractivity contribution in [3.63, 3.8) is 0 Å². The van der Waals surface area contributed by atoms with Gasteiger partial charge in [-0.1, -0.05) is 18.2 Å². The normalized spacial score (nSPS) is 12.3. The van der Waals surface area contributed by atoms with Gasteiger partial charge in [-0.3, -0.25) is 44.2 Å². The van der Waals surface area contributed by atoms with E-state index in [-0.39, 0.29) is 54.2 Å². The number of nitrogens with one attached hydrogen (secondary N) is 2. The summed E-state index contributed by atoms with van der Waals surface area (Å²) < 4.78 is 18.8. The van der Waals surface area contributed by atoms with Crippen LogP contribution in [0.5, 0.6) is 11.5 Å². The van der Waals surface area contributed by atoms with E-state index in [0.29, 0.717) is 70.2 Å². The van der Waals surface area contributed by atoms with Crippen molar-refractivity contribution in [2.24, 2.45) is 22.2 Å². The second-order valence-corrected chi connectivity index (χ2v) is 15.3. The molecule has 67 heavy (non-hydrogen) atoms. The third-order valence-electron chi connectivity index (χ3n) is 10.4. The lowest BCUT2D eigenvalue weighted by molar-refractivity contribution is -0.110. The molecule has 21 nitrogen and oxygen atoms in total. The van der Waals surface area contributed by atoms with Crippen molar-refractivity contribution < 1.29 is 28.7 Å². The number of benzene rings is 3. The fourth-order valence-corrected chi connectivity index (χ4v) is 7.42. The van der Waals surface area contributed by atoms with Gasteiger partial charge in [0.15, 0.2) is 0 Å². The molecule has 7 aromatic rings. The molecule has 0 aliphatic rings. The van der Waals surface area contributed by atoms with Gasteiger partial charge < -0.3 is 41.5 Å². The predicted octanol–water partition coefficient (Wildman–Crippen LogP) is 4.45. The zero-order valence-corrected chi connectivity index (χ0v) is 37.6. The number of nitrogens with zero attached hydrogens (tertiary/aromatic N) is 9. The molecule has 4 amide bonds. The minimum Gasteiger partial charge on any atom is -0.494 e. The van der Waals surface area contributed by atoms with Gasteiger partial charge in [0.05, 0.1) is 42.1 Å². The van der Waals surface area contributed by atoms with E-state index in [4.69, 9.17) is 42.4 Å². The Bertz CT molecular complexity index is 3180. The molecular formula is C46H51N15O6. The summed E-state index contributed by atoms with van der Waals surface area (Å²) in [5.41, 5.74) is 28.2. The van der Waals surface area contributed by atoms with Gasteiger partial charge in [0, 0.05) is 54.1 Å². The van der Waals surface area contributed by atoms with Gasteiger partial charge >= 0.3 is 0 Å². The highest BCUT2D eigenvalue weighted by Gasteiger charge is 2.23. The van der Waals surface area contributed by atoms with Crippen LogP contribution in [0.15, 0.2) is 95.8 Å². The van der Waals surface area contributed by atoms with Gasteiger partial charge in [-0.15, -0.1) is 0 Å². The minimum atomic E-state index is -0.711. The molecule has 0 fully saturated rings. The SMILES string of the molecule is CCN=C(/C=C(/C)N)C(=O)Nc1nc2cc(C(N)=O)cc(OC/C=C/Cn3ncc4cc(N)ccc43)c2n1C/C=C/Cn1c(NC(=O)c2cc(C)nn2CC)nc2cc(C(N)=O)cc(OC)c21. The van der Waals surface area contributed by atoms with Crippen LogP contribution in [0.3, 0.4) is 0 Å². The minimum absolute atomic E-state index is 0.0802. The van der Waals surface area contributed by atoms with Crippen LogP contribution in [-0.4, -0.2) is 88.3 Å². The number of aryl methyl sites for hydroxylation is 2. The van der Waals surface area contributed by atoms with Crippen LogP contribution in [0, 0.1) is 6.92 Å². The third kappa shape index (κ3) is 10.1. The number of ether oxygens (including phenoxy) is 2. The van der Waals surface area contributed by atoms with Crippen LogP contribution in [0.25, 0.3) is 33.0 Å². The Hall–Kier alpha value is -8.75. The molecule has 4 heterocycles. The van der Waals surface area contributed by atoms with Crippen LogP contribution in [-0.2, 0) is 31.0 Å². The second kappa shape index (κ2) is 20.0. The molecule has 3 aromatic carbocycles. The van der Waals surface area contributed by atoms with E-state index < -0.39 is 23.6 Å². The summed E-state index contributed by atoms with van der Waals surface area (Å²) in [4.78, 5) is 66.1. The lowest BCUT2D eigenvalue weighted by Gasteiger charge is -2.13. The fourth-order valence-electron chi connectivity index (χ4n) is 7.42. The summed E-state index contributed by atoms with van der Waals surface area (Å²) in [6, 6.07) is 13.3. The largest absolute Gasteiger partial charge is 0.494 e. The topological polar surface area (TPSA) is 299 Å². The Labute approximate surface area is 383 Å². The Balaban J connectivity index is 1.25. The third-order valence-corrected chi connectivity index (χ3v) is 10.4. The number of aliphatic imine (C=N–C) groups is 1. The molecule has 0 aliphatic carbocycles. The first-order chi connectivity index (χ1) is 32.2. The molecule has 0 saturated carbocycles. The number of hydrogen-bond acceptors (Lipinski definition) is 13. The molecule has 0 saturated heterocycles. The van der Waals surface area contributed by atoms with E-state index >= 15 is 0 Å². The molecule has 7 rings (SSSR count). The number of hydrogen-bond donors (Lipinski definition) is 6. The highest BCUT2D eigenvalue weighted by atomic mass is 16.5. The van der Waals surface area contributed by atoms with Gasteiger partial charge in [0.2, 0.25) is 23.7 Å². The molecule has 0 atom stereocenters. The average molecular weight is 910 g/mol. The number of fused-ring (bicyclic) bond motifs is 3. The number of rotatable bonds is 19. The fraction of sp³-hybridized carbons (Fsp3) is 0.239. The highest BCUT2D eigenvalue weighted by molar-refractivity contribution is 6.47. The molecule has 346 valence electrons. The van der Waals surface area contributed by atoms with Crippen LogP contribution in [0.2, 0.25) is 0 Å². The zero-order valence-electron chi connectivity index (χ0n) is 37.6. The number of amides is 4. The Morgan fingerprint density at radius 1 is 0.791 bits per heavy atom. The first kappa shape index (κ1) is 46.2. The maximum Gasteiger partial charge on any atom is 0.276 e. The number of nitrogens with two attached hydrogens (primary N) is 4. The lowest BCUT2D eigenvalue weighted by atomic mass is 10.1. The standard InChI is InChI=1S/C46H51N15O6/c1-6-51-34(18-26(3)47)43(64)55-45-54-33-22-29(42(50)63)24-38(67-17-11-10-16-61-35-13-12-31(48)20-30(35)25-52-61)40(33)59(45)15-9-8-14-58-39-32(21-28(41(49)62)23-37(39)66-5)53-46(58)56-44(65)36-19-27(4)57-60(36)7-2/h8-13,18-25H,6-7,14-17,47-48H2,1-5H3,(H2,49,62)(H2,50,63)(H,53,56,65)(H,54,55,64)/b9-8+,11-10+,26-18-,51-34?. The van der Waals surface area contributed by atoms with Crippen LogP contribution in [0.1, 0.15) is 57.7 Å². The van der Waals surface area contributed by atoms with Gasteiger partial charge in [-0.05, 0) is 88.4 Å². The molecule has 0 radical (unpaired) electrons. The molecule has 10 N–H and O–H groups in total. The maximum absolute atomic E-state index is 13.7. The van der Waals surface area contributed by atoms with Crippen molar-refractivity contribution in [2.75, 3.05) is 36.6 Å². The molecule has 0 unspecified atom stereocenters. The number of imidazole rings is 2. The Morgan fingerprint density at radius 2 is 1.42 bits per heavy atom. The van der Waals surface area contributed by atoms with Gasteiger partial charge in [-0.25, -0.2) is 9.97 Å². The number of anilines is 3. The quantitative estimate of drug-likeness (QED) is 0.0373. The van der Waals surface area contributed by atoms with Gasteiger partial charge in [0.25, 0.3) is 11.8 Å². The van der Waals surface area contributed by atoms with Crippen molar-refractivity contribution in [1.29, 1.82) is 0 Å². The lowest BCUT2D eigenvalue weighted by Crippen LogP contribution is -2.24. The van der Waals surface area contributed by atoms with E-state index in [1.54, 1.807) is 46.9 Å². The first-order valence-electron chi connectivity index (χ1n) is 21.2. The van der Waals surface area contributed by atoms with Gasteiger partial charge in [0.1, 0.15) is 40.5 Å². The smallest absolute Gasteiger partial charge is 0.276 e. The molecule has 0 bridgehead atoms. The Kier molecular flexibility index (Phi) is 13.8. The monoisotopic (exact) mass is 909 g/mol. The number of allylic oxidation sites excluding steroid dienone is 4. The number of carbonyl (C=O) groups excluding carboxylic acids is 4. The second-order valence-electron chi connectivity index (χ2n) is 15.3. The summed E-state index contributed by atoms with van der Waals surface area (Å²) >= 11 is 0. The van der Waals surface area contributed by atoms with Crippen LogP contribution in [0.4, 0.5) is 17.6 Å². The molecular weight excluding hydrogens is 859 g/mol. The Morgan fingerprint density at radius 3 is 2.03 bits per heavy atom. The number of aromatic nitrogens is 8. The van der Waals surface area contributed by atoms with Crippen molar-refractivity contribution >= 4 is 79.9 Å². The maximum atomic E-state index is 13.7. The number of primary amides is 2. The van der Waals surface area contributed by atoms with Crippen molar-refractivity contribution in [1.82, 2.24) is 38.7 Å². The summed E-state index contributed by atoms with van der Waals surface area (Å²) in [7, 11) is 1.45. The van der Waals surface area contributed by atoms with E-state index in [1.807, 2.05) is 54.1 Å². The highest BCUT2D eigenvalue weighted by Crippen LogP contribution is 2.33. The van der Waals surface area contributed by atoms with E-state index in [2.05, 4.69) is 25.8 Å². The van der Waals surface area contributed by atoms with Crippen molar-refractivity contribution in [3.05, 3.63) is 113 Å². The van der Waals surface area contributed by atoms with E-state index in [0.717, 1.165) is 10.9 Å². The molecule has 21 heteroatoms. The summed E-state index contributed by atoms with van der Waals surface area (Å²) in [6.45, 7) is 8.63.